The van der Waals surface area contributed by atoms with E-state index in [1.807, 2.05) is 42.3 Å². The molecule has 0 heterocycles. The normalized spacial score (nSPS) is 25.1. The number of carbonyl (C=O) groups excluding carboxylic acids is 3. The summed E-state index contributed by atoms with van der Waals surface area (Å²) in [6.07, 6.45) is 0.275. The van der Waals surface area contributed by atoms with E-state index in [2.05, 4.69) is 11.8 Å². The number of aromatic hydroxyl groups is 1. The van der Waals surface area contributed by atoms with Gasteiger partial charge in [0.1, 0.15) is 22.8 Å². The summed E-state index contributed by atoms with van der Waals surface area (Å²) in [5.74, 6) is -0.807. The Labute approximate surface area is 243 Å². The predicted octanol–water partition coefficient (Wildman–Crippen LogP) is 1.45. The van der Waals surface area contributed by atoms with E-state index in [0.29, 0.717) is 18.7 Å². The molecule has 42 heavy (non-hydrogen) atoms. The molecule has 3 aliphatic carbocycles. The van der Waals surface area contributed by atoms with Crippen LogP contribution in [0.2, 0.25) is 0 Å². The minimum atomic E-state index is -2.67. The van der Waals surface area contributed by atoms with Gasteiger partial charge in [-0.2, -0.15) is 0 Å². The molecule has 1 amide bonds. The molecule has 0 saturated heterocycles. The molecule has 1 saturated carbocycles. The van der Waals surface area contributed by atoms with Crippen LogP contribution < -0.4 is 5.73 Å². The van der Waals surface area contributed by atoms with Crippen LogP contribution in [0.4, 0.5) is 0 Å². The van der Waals surface area contributed by atoms with Gasteiger partial charge >= 0.3 is 0 Å². The summed E-state index contributed by atoms with van der Waals surface area (Å²) in [5.41, 5.74) is 3.65. The first-order chi connectivity index (χ1) is 19.9. The van der Waals surface area contributed by atoms with Gasteiger partial charge in [0.2, 0.25) is 5.78 Å². The number of hydrogen-bond acceptors (Lipinski definition) is 9. The highest BCUT2D eigenvalue weighted by Crippen LogP contribution is 2.52. The van der Waals surface area contributed by atoms with Crippen LogP contribution in [0.5, 0.6) is 5.75 Å². The summed E-state index contributed by atoms with van der Waals surface area (Å²) in [5, 5.41) is 45.1. The van der Waals surface area contributed by atoms with Gasteiger partial charge in [0, 0.05) is 18.0 Å². The first-order valence-corrected chi connectivity index (χ1v) is 13.6. The third-order valence-electron chi connectivity index (χ3n) is 8.46. The zero-order valence-corrected chi connectivity index (χ0v) is 23.6. The van der Waals surface area contributed by atoms with Gasteiger partial charge in [-0.15, -0.1) is 0 Å². The van der Waals surface area contributed by atoms with Crippen molar-refractivity contribution in [2.75, 3.05) is 27.7 Å². The van der Waals surface area contributed by atoms with Crippen LogP contribution >= 0.6 is 0 Å². The molecule has 5 rings (SSSR count). The third kappa shape index (κ3) is 4.56. The molecule has 0 aromatic heterocycles. The Bertz CT molecular complexity index is 1620. The Morgan fingerprint density at radius 1 is 1.07 bits per heavy atom. The van der Waals surface area contributed by atoms with Crippen molar-refractivity contribution >= 4 is 23.2 Å². The lowest BCUT2D eigenvalue weighted by molar-refractivity contribution is -0.153. The summed E-state index contributed by atoms with van der Waals surface area (Å²) in [6.45, 7) is 1.10. The number of ketones is 2. The van der Waals surface area contributed by atoms with Gasteiger partial charge in [0.05, 0.1) is 23.7 Å². The summed E-state index contributed by atoms with van der Waals surface area (Å²) in [7, 11) is 5.05. The molecule has 0 radical (unpaired) electrons. The average Bonchev–Trinajstić information content (AvgIpc) is 2.92. The molecule has 2 aromatic carbocycles. The van der Waals surface area contributed by atoms with Gasteiger partial charge in [-0.25, -0.2) is 0 Å². The SMILES string of the molecule is CN(CC#Cc1ccc2c(c1O)C(O)=C1C(=O)[C@]3(O)C(O)=C(C(N)=O)C(=O)[C@@H](N(C)C)C3CC1C2)Cc1ccccc1. The third-order valence-corrected chi connectivity index (χ3v) is 8.46. The number of carbonyl (C=O) groups is 3. The smallest absolute Gasteiger partial charge is 0.255 e. The minimum absolute atomic E-state index is 0.0238. The lowest BCUT2D eigenvalue weighted by atomic mass is 9.57. The molecule has 2 aromatic rings. The number of amides is 1. The van der Waals surface area contributed by atoms with Crippen LogP contribution in [0.1, 0.15) is 28.7 Å². The number of nitrogens with zero attached hydrogens (tertiary/aromatic N) is 2. The van der Waals surface area contributed by atoms with E-state index in [1.54, 1.807) is 26.2 Å². The molecule has 2 unspecified atom stereocenters. The number of Topliss-reactive ketones (excluding diaryl/α,β-unsaturated/α-hetero) is 2. The molecular weight excluding hydrogens is 538 g/mol. The Morgan fingerprint density at radius 2 is 1.76 bits per heavy atom. The molecule has 0 spiro atoms. The first-order valence-electron chi connectivity index (χ1n) is 13.6. The van der Waals surface area contributed by atoms with Crippen molar-refractivity contribution in [1.29, 1.82) is 0 Å². The van der Waals surface area contributed by atoms with Crippen molar-refractivity contribution in [2.24, 2.45) is 17.6 Å². The maximum absolute atomic E-state index is 13.9. The number of likely N-dealkylation sites (N-methyl/N-ethyl adjacent to an activating group) is 1. The molecular formula is C32H33N3O7. The molecule has 3 aliphatic rings. The fraction of sp³-hybridized carbons (Fsp3) is 0.344. The number of aliphatic hydroxyl groups is 3. The van der Waals surface area contributed by atoms with Gasteiger partial charge in [-0.05, 0) is 57.1 Å². The van der Waals surface area contributed by atoms with Gasteiger partial charge in [0.15, 0.2) is 11.4 Å². The van der Waals surface area contributed by atoms with Gasteiger partial charge in [-0.3, -0.25) is 24.2 Å². The Hall–Kier alpha value is -4.43. The Balaban J connectivity index is 1.51. The summed E-state index contributed by atoms with van der Waals surface area (Å²) in [6, 6.07) is 12.2. The minimum Gasteiger partial charge on any atom is -0.508 e. The number of hydrogen-bond donors (Lipinski definition) is 5. The highest BCUT2D eigenvalue weighted by Gasteiger charge is 2.64. The van der Waals surface area contributed by atoms with E-state index in [1.165, 1.54) is 4.90 Å². The molecule has 10 nitrogen and oxygen atoms in total. The molecule has 10 heteroatoms. The molecule has 4 atom stereocenters. The maximum Gasteiger partial charge on any atom is 0.255 e. The number of nitrogens with two attached hydrogens (primary N) is 1. The topological polar surface area (TPSA) is 165 Å². The molecule has 218 valence electrons. The van der Waals surface area contributed by atoms with Crippen molar-refractivity contribution in [3.05, 3.63) is 81.6 Å². The van der Waals surface area contributed by atoms with Crippen molar-refractivity contribution in [1.82, 2.24) is 9.80 Å². The molecule has 0 bridgehead atoms. The first kappa shape index (κ1) is 29.1. The number of primary amides is 1. The average molecular weight is 572 g/mol. The lowest BCUT2D eigenvalue weighted by Crippen LogP contribution is -2.65. The van der Waals surface area contributed by atoms with Crippen LogP contribution in [0.15, 0.2) is 59.4 Å². The van der Waals surface area contributed by atoms with Crippen LogP contribution in [0.3, 0.4) is 0 Å². The highest BCUT2D eigenvalue weighted by atomic mass is 16.3. The Kier molecular flexibility index (Phi) is 7.45. The van der Waals surface area contributed by atoms with Crippen molar-refractivity contribution in [3.8, 4) is 17.6 Å². The maximum atomic E-state index is 13.9. The second kappa shape index (κ2) is 10.8. The number of phenols is 1. The molecule has 1 fully saturated rings. The number of fused-ring (bicyclic) bond motifs is 3. The van der Waals surface area contributed by atoms with E-state index >= 15 is 0 Å². The van der Waals surface area contributed by atoms with Gasteiger partial charge in [0.25, 0.3) is 5.91 Å². The second-order valence-electron chi connectivity index (χ2n) is 11.4. The quantitative estimate of drug-likeness (QED) is 0.264. The monoisotopic (exact) mass is 571 g/mol. The van der Waals surface area contributed by atoms with E-state index < -0.39 is 58.0 Å². The summed E-state index contributed by atoms with van der Waals surface area (Å²) >= 11 is 0. The predicted molar refractivity (Wildman–Crippen MR) is 154 cm³/mol. The molecule has 6 N–H and O–H groups in total. The number of phenolic OH excluding ortho intramolecular Hbond substituents is 1. The van der Waals surface area contributed by atoms with Crippen molar-refractivity contribution in [2.45, 2.75) is 31.0 Å². The largest absolute Gasteiger partial charge is 0.508 e. The van der Waals surface area contributed by atoms with E-state index in [-0.39, 0.29) is 35.3 Å². The summed E-state index contributed by atoms with van der Waals surface area (Å²) in [4.78, 5) is 42.7. The van der Waals surface area contributed by atoms with Crippen LogP contribution in [-0.2, 0) is 27.3 Å². The van der Waals surface area contributed by atoms with Crippen molar-refractivity contribution < 1.29 is 34.8 Å². The fourth-order valence-electron chi connectivity index (χ4n) is 6.54. The lowest BCUT2D eigenvalue weighted by Gasteiger charge is -2.50. The number of rotatable bonds is 5. The number of benzene rings is 2. The Morgan fingerprint density at radius 3 is 2.40 bits per heavy atom. The molecule has 0 aliphatic heterocycles. The van der Waals surface area contributed by atoms with E-state index in [9.17, 15) is 34.8 Å². The standard InChI is InChI=1S/C32H33N3O7/c1-34(2)25-21-15-20-14-19-12-11-18(10-7-13-35(3)16-17-8-5-4-6-9-17)26(36)22(19)27(37)23(20)29(39)32(21,42)30(40)24(28(25)38)31(33)41/h4-6,8-9,11-12,20-21,25,36-37,40,42H,13-16H2,1-3H3,(H2,33,41)/t20?,21?,25-,32-/m0/s1. The second-order valence-corrected chi connectivity index (χ2v) is 11.4. The van der Waals surface area contributed by atoms with Crippen LogP contribution in [0.25, 0.3) is 5.76 Å². The van der Waals surface area contributed by atoms with E-state index in [4.69, 9.17) is 5.73 Å². The zero-order valence-electron chi connectivity index (χ0n) is 23.6. The van der Waals surface area contributed by atoms with Crippen molar-refractivity contribution in [3.63, 3.8) is 0 Å². The van der Waals surface area contributed by atoms with Crippen LogP contribution in [0, 0.1) is 23.7 Å². The van der Waals surface area contributed by atoms with E-state index in [0.717, 1.165) is 5.56 Å². The zero-order chi connectivity index (χ0) is 30.5. The highest BCUT2D eigenvalue weighted by molar-refractivity contribution is 6.24. The fourth-order valence-corrected chi connectivity index (χ4v) is 6.54. The van der Waals surface area contributed by atoms with Crippen LogP contribution in [-0.4, -0.2) is 87.0 Å². The van der Waals surface area contributed by atoms with Gasteiger partial charge < -0.3 is 26.2 Å². The number of aliphatic hydroxyl groups excluding tert-OH is 2. The van der Waals surface area contributed by atoms with Gasteiger partial charge in [-0.1, -0.05) is 48.2 Å². The summed E-state index contributed by atoms with van der Waals surface area (Å²) < 4.78 is 0.